The molecule has 0 aliphatic carbocycles. The molecule has 0 spiro atoms. The van der Waals surface area contributed by atoms with Crippen LogP contribution in [0.1, 0.15) is 15.4 Å². The number of nitrogens with one attached hydrogen (secondary N) is 2. The second-order valence-electron chi connectivity index (χ2n) is 3.32. The van der Waals surface area contributed by atoms with E-state index in [4.69, 9.17) is 5.11 Å². The van der Waals surface area contributed by atoms with Gasteiger partial charge in [-0.25, -0.2) is 22.9 Å². The third-order valence-electron chi connectivity index (χ3n) is 1.76. The Morgan fingerprint density at radius 1 is 1.47 bits per heavy atom. The lowest BCUT2D eigenvalue weighted by atomic mass is 10.4. The number of carbonyl (C=O) groups is 1. The van der Waals surface area contributed by atoms with Crippen molar-refractivity contribution in [2.45, 2.75) is 6.92 Å². The molecular weight excluding hydrogens is 266 g/mol. The number of nitrogens with zero attached hydrogens (tertiary/aromatic N) is 1. The molecule has 1 aromatic heterocycles. The number of aromatic carboxylic acids is 1. The Morgan fingerprint density at radius 2 is 2.12 bits per heavy atom. The van der Waals surface area contributed by atoms with Gasteiger partial charge in [-0.3, -0.25) is 0 Å². The van der Waals surface area contributed by atoms with Gasteiger partial charge in [0.05, 0.1) is 6.26 Å². The number of sulfonamides is 1. The standard InChI is InChI=1S/C8H13N3O4S2/c1-5-6(7(12)13)11-8(16-5)9-3-4-10-17(2,14)15/h10H,3-4H2,1-2H3,(H,9,11)(H,12,13). The van der Waals surface area contributed by atoms with E-state index in [2.05, 4.69) is 15.0 Å². The third-order valence-corrected chi connectivity index (χ3v) is 3.42. The summed E-state index contributed by atoms with van der Waals surface area (Å²) in [6.07, 6.45) is 1.07. The van der Waals surface area contributed by atoms with E-state index in [0.29, 0.717) is 16.6 Å². The molecule has 9 heteroatoms. The Hall–Kier alpha value is -1.19. The van der Waals surface area contributed by atoms with Crippen LogP contribution in [0.2, 0.25) is 0 Å². The summed E-state index contributed by atoms with van der Waals surface area (Å²) >= 11 is 1.22. The summed E-state index contributed by atoms with van der Waals surface area (Å²) in [5, 5.41) is 12.1. The van der Waals surface area contributed by atoms with Crippen LogP contribution < -0.4 is 10.0 Å². The molecule has 7 nitrogen and oxygen atoms in total. The monoisotopic (exact) mass is 279 g/mol. The van der Waals surface area contributed by atoms with Crippen molar-refractivity contribution in [3.63, 3.8) is 0 Å². The number of carboxylic acid groups (broad SMARTS) is 1. The molecule has 3 N–H and O–H groups in total. The average molecular weight is 279 g/mol. The molecule has 0 bridgehead atoms. The zero-order valence-electron chi connectivity index (χ0n) is 9.35. The highest BCUT2D eigenvalue weighted by atomic mass is 32.2. The van der Waals surface area contributed by atoms with E-state index >= 15 is 0 Å². The van der Waals surface area contributed by atoms with E-state index < -0.39 is 16.0 Å². The van der Waals surface area contributed by atoms with E-state index in [1.807, 2.05) is 0 Å². The summed E-state index contributed by atoms with van der Waals surface area (Å²) < 4.78 is 23.8. The summed E-state index contributed by atoms with van der Waals surface area (Å²) in [4.78, 5) is 15.2. The number of rotatable bonds is 6. The second kappa shape index (κ2) is 5.43. The molecule has 1 heterocycles. The molecule has 0 aromatic carbocycles. The van der Waals surface area contributed by atoms with Crippen LogP contribution >= 0.6 is 11.3 Å². The molecule has 0 aliphatic heterocycles. The molecule has 0 radical (unpaired) electrons. The van der Waals surface area contributed by atoms with Crippen LogP contribution in [0.5, 0.6) is 0 Å². The van der Waals surface area contributed by atoms with Crippen LogP contribution in [-0.4, -0.2) is 43.8 Å². The topological polar surface area (TPSA) is 108 Å². The van der Waals surface area contributed by atoms with Crippen LogP contribution in [0.3, 0.4) is 0 Å². The molecule has 1 rings (SSSR count). The second-order valence-corrected chi connectivity index (χ2v) is 6.36. The van der Waals surface area contributed by atoms with Crippen molar-refractivity contribution in [1.82, 2.24) is 9.71 Å². The summed E-state index contributed by atoms with van der Waals surface area (Å²) in [6, 6.07) is 0. The van der Waals surface area contributed by atoms with Crippen molar-refractivity contribution in [3.8, 4) is 0 Å². The summed E-state index contributed by atoms with van der Waals surface area (Å²) in [7, 11) is -3.20. The first kappa shape index (κ1) is 13.9. The van der Waals surface area contributed by atoms with Crippen molar-refractivity contribution in [2.75, 3.05) is 24.7 Å². The minimum absolute atomic E-state index is 0.0218. The summed E-state index contributed by atoms with van der Waals surface area (Å²) in [5.41, 5.74) is 0.0218. The maximum absolute atomic E-state index is 10.8. The fraction of sp³-hybridized carbons (Fsp3) is 0.500. The Bertz CT molecular complexity index is 509. The fourth-order valence-electron chi connectivity index (χ4n) is 1.08. The SMILES string of the molecule is Cc1sc(NCCNS(C)(=O)=O)nc1C(=O)O. The molecule has 0 unspecified atom stereocenters. The summed E-state index contributed by atoms with van der Waals surface area (Å²) in [6.45, 7) is 2.24. The predicted molar refractivity (Wildman–Crippen MR) is 65.1 cm³/mol. The predicted octanol–water partition coefficient (Wildman–Crippen LogP) is 0.111. The molecule has 0 atom stereocenters. The van der Waals surface area contributed by atoms with E-state index in [9.17, 15) is 13.2 Å². The van der Waals surface area contributed by atoms with E-state index in [1.54, 1.807) is 6.92 Å². The number of hydrogen-bond donors (Lipinski definition) is 3. The maximum atomic E-state index is 10.8. The number of aromatic nitrogens is 1. The first-order valence-corrected chi connectivity index (χ1v) is 7.39. The Balaban J connectivity index is 2.48. The van der Waals surface area contributed by atoms with Gasteiger partial charge in [-0.15, -0.1) is 11.3 Å². The molecule has 0 saturated heterocycles. The van der Waals surface area contributed by atoms with Gasteiger partial charge in [-0.1, -0.05) is 0 Å². The fourth-order valence-corrected chi connectivity index (χ4v) is 2.38. The van der Waals surface area contributed by atoms with Crippen molar-refractivity contribution < 1.29 is 18.3 Å². The molecule has 0 amide bonds. The van der Waals surface area contributed by atoms with Gasteiger partial charge in [0, 0.05) is 18.0 Å². The maximum Gasteiger partial charge on any atom is 0.355 e. The highest BCUT2D eigenvalue weighted by molar-refractivity contribution is 7.88. The van der Waals surface area contributed by atoms with E-state index in [0.717, 1.165) is 6.26 Å². The minimum Gasteiger partial charge on any atom is -0.476 e. The van der Waals surface area contributed by atoms with Crippen molar-refractivity contribution in [3.05, 3.63) is 10.6 Å². The van der Waals surface area contributed by atoms with Crippen molar-refractivity contribution in [1.29, 1.82) is 0 Å². The van der Waals surface area contributed by atoms with Gasteiger partial charge in [0.15, 0.2) is 10.8 Å². The zero-order valence-corrected chi connectivity index (χ0v) is 11.0. The van der Waals surface area contributed by atoms with Crippen LogP contribution in [0.25, 0.3) is 0 Å². The van der Waals surface area contributed by atoms with Crippen LogP contribution in [0, 0.1) is 6.92 Å². The number of aryl methyl sites for hydroxylation is 1. The molecule has 0 aliphatic rings. The molecular formula is C8H13N3O4S2. The van der Waals surface area contributed by atoms with Gasteiger partial charge in [-0.05, 0) is 6.92 Å². The number of anilines is 1. The highest BCUT2D eigenvalue weighted by Gasteiger charge is 2.13. The van der Waals surface area contributed by atoms with Gasteiger partial charge in [0.2, 0.25) is 10.0 Å². The van der Waals surface area contributed by atoms with Gasteiger partial charge in [0.1, 0.15) is 0 Å². The summed E-state index contributed by atoms with van der Waals surface area (Å²) in [5.74, 6) is -1.07. The molecule has 17 heavy (non-hydrogen) atoms. The minimum atomic E-state index is -3.20. The molecule has 1 aromatic rings. The van der Waals surface area contributed by atoms with Crippen LogP contribution in [-0.2, 0) is 10.0 Å². The van der Waals surface area contributed by atoms with Gasteiger partial charge in [0.25, 0.3) is 0 Å². The average Bonchev–Trinajstić information content (AvgIpc) is 2.53. The van der Waals surface area contributed by atoms with Crippen molar-refractivity contribution >= 4 is 32.5 Å². The lowest BCUT2D eigenvalue weighted by Gasteiger charge is -2.02. The Kier molecular flexibility index (Phi) is 4.43. The molecule has 0 fully saturated rings. The van der Waals surface area contributed by atoms with E-state index in [1.165, 1.54) is 11.3 Å². The van der Waals surface area contributed by atoms with Crippen molar-refractivity contribution in [2.24, 2.45) is 0 Å². The van der Waals surface area contributed by atoms with Crippen LogP contribution in [0.4, 0.5) is 5.13 Å². The lowest BCUT2D eigenvalue weighted by Crippen LogP contribution is -2.27. The van der Waals surface area contributed by atoms with Gasteiger partial charge < -0.3 is 10.4 Å². The van der Waals surface area contributed by atoms with Gasteiger partial charge in [-0.2, -0.15) is 0 Å². The normalized spacial score (nSPS) is 11.4. The number of hydrogen-bond acceptors (Lipinski definition) is 6. The van der Waals surface area contributed by atoms with Gasteiger partial charge >= 0.3 is 5.97 Å². The first-order chi connectivity index (χ1) is 7.79. The Labute approximate surface area is 103 Å². The molecule has 96 valence electrons. The van der Waals surface area contributed by atoms with Crippen LogP contribution in [0.15, 0.2) is 0 Å². The van der Waals surface area contributed by atoms with E-state index in [-0.39, 0.29) is 12.2 Å². The highest BCUT2D eigenvalue weighted by Crippen LogP contribution is 2.21. The lowest BCUT2D eigenvalue weighted by molar-refractivity contribution is 0.0690. The molecule has 0 saturated carbocycles. The quantitative estimate of drug-likeness (QED) is 0.638. The number of carboxylic acids is 1. The third kappa shape index (κ3) is 4.67. The zero-order chi connectivity index (χ0) is 13.1. The number of thiazole rings is 1. The first-order valence-electron chi connectivity index (χ1n) is 4.69. The Morgan fingerprint density at radius 3 is 2.59 bits per heavy atom. The largest absolute Gasteiger partial charge is 0.476 e. The smallest absolute Gasteiger partial charge is 0.355 e.